The second-order valence-corrected chi connectivity index (χ2v) is 7.28. The molecule has 1 atom stereocenters. The number of hydrogen-bond acceptors (Lipinski definition) is 5. The number of benzene rings is 1. The Bertz CT molecular complexity index is 755. The molecule has 5 nitrogen and oxygen atoms in total. The van der Waals surface area contributed by atoms with E-state index in [1.54, 1.807) is 5.38 Å². The van der Waals surface area contributed by atoms with Crippen molar-refractivity contribution in [3.63, 3.8) is 0 Å². The van der Waals surface area contributed by atoms with Gasteiger partial charge in [0.15, 0.2) is 0 Å². The summed E-state index contributed by atoms with van der Waals surface area (Å²) in [5.41, 5.74) is 1.22. The van der Waals surface area contributed by atoms with Crippen LogP contribution in [0.5, 0.6) is 0 Å². The minimum Gasteiger partial charge on any atom is -0.349 e. The third-order valence-corrected chi connectivity index (χ3v) is 5.26. The fourth-order valence-corrected chi connectivity index (χ4v) is 3.80. The van der Waals surface area contributed by atoms with E-state index in [4.69, 9.17) is 0 Å². The number of halogens is 5. The molecule has 1 aromatic carbocycles. The van der Waals surface area contributed by atoms with Crippen LogP contribution in [0.1, 0.15) is 21.1 Å². The summed E-state index contributed by atoms with van der Waals surface area (Å²) < 4.78 is 40.1. The minimum atomic E-state index is -4.40. The summed E-state index contributed by atoms with van der Waals surface area (Å²) in [6.45, 7) is 1.15. The van der Waals surface area contributed by atoms with Crippen molar-refractivity contribution < 1.29 is 18.0 Å². The Hall–Kier alpha value is -1.39. The maximum absolute atomic E-state index is 13.4. The van der Waals surface area contributed by atoms with E-state index in [-0.39, 0.29) is 30.5 Å². The van der Waals surface area contributed by atoms with Crippen LogP contribution in [0, 0.1) is 0 Å². The topological polar surface area (TPSA) is 57.3 Å². The van der Waals surface area contributed by atoms with Gasteiger partial charge in [-0.2, -0.15) is 13.2 Å². The predicted molar refractivity (Wildman–Crippen MR) is 112 cm³/mol. The second kappa shape index (κ2) is 11.7. The standard InChI is InChI=1S/C18H21F3N4OS.2ClH/c19-18(20,21)15(25-8-6-22-7-9-25)11-23-17(26)14-12-27-16(24-14)10-13-4-2-1-3-5-13;;/h1-5,12,15,22H,6-11H2,(H,23,26);2*1H. The van der Waals surface area contributed by atoms with Gasteiger partial charge in [-0.15, -0.1) is 36.2 Å². The lowest BCUT2D eigenvalue weighted by Gasteiger charge is -2.35. The summed E-state index contributed by atoms with van der Waals surface area (Å²) in [6, 6.07) is 7.99. The van der Waals surface area contributed by atoms with E-state index in [2.05, 4.69) is 15.6 Å². The molecule has 0 aliphatic carbocycles. The number of amides is 1. The van der Waals surface area contributed by atoms with E-state index in [9.17, 15) is 18.0 Å². The molecule has 1 saturated heterocycles. The molecule has 2 aromatic rings. The Morgan fingerprint density at radius 3 is 2.48 bits per heavy atom. The maximum Gasteiger partial charge on any atom is 0.405 e. The highest BCUT2D eigenvalue weighted by Gasteiger charge is 2.43. The van der Waals surface area contributed by atoms with E-state index in [1.807, 2.05) is 30.3 Å². The lowest BCUT2D eigenvalue weighted by atomic mass is 10.2. The van der Waals surface area contributed by atoms with Gasteiger partial charge in [-0.05, 0) is 5.56 Å². The zero-order chi connectivity index (χ0) is 19.3. The number of rotatable bonds is 6. The number of piperazine rings is 1. The first-order valence-corrected chi connectivity index (χ1v) is 9.59. The smallest absolute Gasteiger partial charge is 0.349 e. The van der Waals surface area contributed by atoms with Gasteiger partial charge in [0.25, 0.3) is 5.91 Å². The molecule has 11 heteroatoms. The Morgan fingerprint density at radius 1 is 1.21 bits per heavy atom. The molecular weight excluding hydrogens is 448 g/mol. The molecular formula is C18H23Cl2F3N4OS. The SMILES string of the molecule is Cl.Cl.O=C(NCC(N1CCNCC1)C(F)(F)F)c1csc(Cc2ccccc2)n1. The van der Waals surface area contributed by atoms with Gasteiger partial charge in [0.1, 0.15) is 11.7 Å². The first kappa shape index (κ1) is 25.6. The van der Waals surface area contributed by atoms with Gasteiger partial charge in [0.2, 0.25) is 0 Å². The van der Waals surface area contributed by atoms with Crippen LogP contribution in [0.3, 0.4) is 0 Å². The Morgan fingerprint density at radius 2 is 1.86 bits per heavy atom. The molecule has 1 aromatic heterocycles. The largest absolute Gasteiger partial charge is 0.405 e. The maximum atomic E-state index is 13.4. The third kappa shape index (κ3) is 7.42. The number of nitrogens with zero attached hydrogens (tertiary/aromatic N) is 2. The molecule has 162 valence electrons. The van der Waals surface area contributed by atoms with Gasteiger partial charge < -0.3 is 10.6 Å². The van der Waals surface area contributed by atoms with Crippen LogP contribution in [-0.2, 0) is 6.42 Å². The Labute approximate surface area is 183 Å². The number of thiazole rings is 1. The number of carbonyl (C=O) groups excluding carboxylic acids is 1. The zero-order valence-electron chi connectivity index (χ0n) is 15.4. The summed E-state index contributed by atoms with van der Waals surface area (Å²) in [5.74, 6) is -0.574. The number of alkyl halides is 3. The van der Waals surface area contributed by atoms with Crippen LogP contribution in [0.4, 0.5) is 13.2 Å². The predicted octanol–water partition coefficient (Wildman–Crippen LogP) is 3.14. The molecule has 2 N–H and O–H groups in total. The van der Waals surface area contributed by atoms with Gasteiger partial charge in [-0.25, -0.2) is 4.98 Å². The van der Waals surface area contributed by atoms with Crippen LogP contribution in [0.25, 0.3) is 0 Å². The van der Waals surface area contributed by atoms with Crippen molar-refractivity contribution >= 4 is 42.1 Å². The summed E-state index contributed by atoms with van der Waals surface area (Å²) in [4.78, 5) is 17.9. The number of hydrogen-bond donors (Lipinski definition) is 2. The van der Waals surface area contributed by atoms with E-state index in [1.165, 1.54) is 16.2 Å². The van der Waals surface area contributed by atoms with E-state index in [0.717, 1.165) is 10.6 Å². The molecule has 1 aliphatic rings. The van der Waals surface area contributed by atoms with E-state index >= 15 is 0 Å². The van der Waals surface area contributed by atoms with E-state index in [0.29, 0.717) is 32.6 Å². The zero-order valence-corrected chi connectivity index (χ0v) is 17.9. The van der Waals surface area contributed by atoms with Crippen LogP contribution in [0.2, 0.25) is 0 Å². The molecule has 1 fully saturated rings. The number of aromatic nitrogens is 1. The molecule has 1 amide bonds. The minimum absolute atomic E-state index is 0. The average molecular weight is 471 g/mol. The second-order valence-electron chi connectivity index (χ2n) is 6.34. The van der Waals surface area contributed by atoms with Gasteiger partial charge in [-0.3, -0.25) is 9.69 Å². The lowest BCUT2D eigenvalue weighted by Crippen LogP contribution is -2.57. The molecule has 0 saturated carbocycles. The number of nitrogens with one attached hydrogen (secondary N) is 2. The van der Waals surface area contributed by atoms with Gasteiger partial charge in [-0.1, -0.05) is 30.3 Å². The van der Waals surface area contributed by atoms with Crippen molar-refractivity contribution in [3.8, 4) is 0 Å². The Balaban J connectivity index is 0.00000210. The first-order chi connectivity index (χ1) is 12.9. The van der Waals surface area contributed by atoms with Crippen LogP contribution in [0.15, 0.2) is 35.7 Å². The van der Waals surface area contributed by atoms with Crippen LogP contribution < -0.4 is 10.6 Å². The molecule has 1 unspecified atom stereocenters. The van der Waals surface area contributed by atoms with Crippen molar-refractivity contribution in [2.75, 3.05) is 32.7 Å². The summed E-state index contributed by atoms with van der Waals surface area (Å²) in [5, 5.41) is 7.77. The van der Waals surface area contributed by atoms with Crippen molar-refractivity contribution in [2.24, 2.45) is 0 Å². The average Bonchev–Trinajstić information content (AvgIpc) is 3.11. The third-order valence-electron chi connectivity index (χ3n) is 4.41. The summed E-state index contributed by atoms with van der Waals surface area (Å²) >= 11 is 1.33. The molecule has 3 rings (SSSR count). The van der Waals surface area contributed by atoms with Gasteiger partial charge >= 0.3 is 6.18 Å². The normalized spacial score (nSPS) is 15.7. The number of carbonyl (C=O) groups is 1. The van der Waals surface area contributed by atoms with Crippen molar-refractivity contribution in [3.05, 3.63) is 52.0 Å². The molecule has 29 heavy (non-hydrogen) atoms. The van der Waals surface area contributed by atoms with Crippen LogP contribution >= 0.6 is 36.2 Å². The van der Waals surface area contributed by atoms with Gasteiger partial charge in [0, 0.05) is 44.5 Å². The molecule has 0 bridgehead atoms. The highest BCUT2D eigenvalue weighted by Crippen LogP contribution is 2.25. The first-order valence-electron chi connectivity index (χ1n) is 8.71. The molecule has 1 aliphatic heterocycles. The highest BCUT2D eigenvalue weighted by atomic mass is 35.5. The van der Waals surface area contributed by atoms with E-state index < -0.39 is 24.7 Å². The monoisotopic (exact) mass is 470 g/mol. The van der Waals surface area contributed by atoms with Crippen molar-refractivity contribution in [2.45, 2.75) is 18.6 Å². The fraction of sp³-hybridized carbons (Fsp3) is 0.444. The van der Waals surface area contributed by atoms with Crippen LogP contribution in [-0.4, -0.2) is 60.7 Å². The quantitative estimate of drug-likeness (QED) is 0.680. The van der Waals surface area contributed by atoms with Crippen molar-refractivity contribution in [1.82, 2.24) is 20.5 Å². The van der Waals surface area contributed by atoms with Crippen molar-refractivity contribution in [1.29, 1.82) is 0 Å². The molecule has 0 radical (unpaired) electrons. The highest BCUT2D eigenvalue weighted by molar-refractivity contribution is 7.09. The van der Waals surface area contributed by atoms with Gasteiger partial charge in [0.05, 0.1) is 5.01 Å². The fourth-order valence-electron chi connectivity index (χ4n) is 2.99. The Kier molecular flexibility index (Phi) is 10.4. The summed E-state index contributed by atoms with van der Waals surface area (Å²) in [6.07, 6.45) is -3.81. The summed E-state index contributed by atoms with van der Waals surface area (Å²) in [7, 11) is 0. The molecule has 2 heterocycles. The molecule has 0 spiro atoms. The lowest BCUT2D eigenvalue weighted by molar-refractivity contribution is -0.183.